The van der Waals surface area contributed by atoms with Crippen LogP contribution in [-0.4, -0.2) is 37.0 Å². The summed E-state index contributed by atoms with van der Waals surface area (Å²) < 4.78 is 26.6. The maximum Gasteiger partial charge on any atom is 0.219 e. The van der Waals surface area contributed by atoms with E-state index >= 15 is 0 Å². The Morgan fingerprint density at radius 3 is 1.71 bits per heavy atom. The van der Waals surface area contributed by atoms with E-state index < -0.39 is 0 Å². The Kier molecular flexibility index (Phi) is 4.90. The highest BCUT2D eigenvalue weighted by molar-refractivity contribution is 5.73. The molecule has 3 nitrogen and oxygen atoms in total. The number of nitrogens with zero attached hydrogens (tertiary/aromatic N) is 1. The van der Waals surface area contributed by atoms with Crippen LogP contribution in [0.5, 0.6) is 0 Å². The van der Waals surface area contributed by atoms with Gasteiger partial charge in [0.25, 0.3) is 0 Å². The Labute approximate surface area is 140 Å². The van der Waals surface area contributed by atoms with Gasteiger partial charge in [-0.15, -0.1) is 0 Å². The van der Waals surface area contributed by atoms with E-state index in [1.54, 1.807) is 31.2 Å². The van der Waals surface area contributed by atoms with Crippen LogP contribution in [0.25, 0.3) is 0 Å². The zero-order valence-electron chi connectivity index (χ0n) is 13.6. The number of hydrogen-bond acceptors (Lipinski definition) is 1. The largest absolute Gasteiger partial charge is 0.332 e. The summed E-state index contributed by atoms with van der Waals surface area (Å²) in [6, 6.07) is 13.0. The van der Waals surface area contributed by atoms with Crippen molar-refractivity contribution in [2.75, 3.05) is 26.2 Å². The maximum atomic E-state index is 13.3. The molecule has 0 aromatic heterocycles. The number of quaternary nitrogens is 1. The van der Waals surface area contributed by atoms with Gasteiger partial charge in [0.1, 0.15) is 17.7 Å². The number of halogens is 2. The second-order valence-electron chi connectivity index (χ2n) is 6.20. The van der Waals surface area contributed by atoms with Gasteiger partial charge in [-0.2, -0.15) is 0 Å². The van der Waals surface area contributed by atoms with Crippen molar-refractivity contribution in [2.24, 2.45) is 0 Å². The highest BCUT2D eigenvalue weighted by atomic mass is 19.1. The normalized spacial score (nSPS) is 15.8. The van der Waals surface area contributed by atoms with Gasteiger partial charge in [-0.05, 0) is 48.5 Å². The molecule has 0 radical (unpaired) electrons. The van der Waals surface area contributed by atoms with Gasteiger partial charge in [-0.1, -0.05) is 0 Å². The summed E-state index contributed by atoms with van der Waals surface area (Å²) in [6.07, 6.45) is 0. The molecule has 5 heteroatoms. The summed E-state index contributed by atoms with van der Waals surface area (Å²) >= 11 is 0. The molecule has 1 aliphatic rings. The van der Waals surface area contributed by atoms with E-state index in [0.717, 1.165) is 24.2 Å². The third-order valence-electron chi connectivity index (χ3n) is 4.67. The molecular formula is C19H21F2N2O+. The highest BCUT2D eigenvalue weighted by Crippen LogP contribution is 2.20. The predicted octanol–water partition coefficient (Wildman–Crippen LogP) is 1.80. The number of hydrogen-bond donors (Lipinski definition) is 1. The van der Waals surface area contributed by atoms with Crippen molar-refractivity contribution in [3.63, 3.8) is 0 Å². The van der Waals surface area contributed by atoms with E-state index in [2.05, 4.69) is 0 Å². The fourth-order valence-electron chi connectivity index (χ4n) is 3.37. The number of nitrogens with one attached hydrogen (secondary N) is 1. The lowest BCUT2D eigenvalue weighted by Gasteiger charge is -2.36. The van der Waals surface area contributed by atoms with Gasteiger partial charge in [-0.3, -0.25) is 4.79 Å². The molecule has 2 aromatic rings. The minimum Gasteiger partial charge on any atom is -0.332 e. The van der Waals surface area contributed by atoms with Crippen LogP contribution in [0.4, 0.5) is 8.78 Å². The molecule has 0 atom stereocenters. The van der Waals surface area contributed by atoms with E-state index in [4.69, 9.17) is 0 Å². The molecular weight excluding hydrogens is 310 g/mol. The van der Waals surface area contributed by atoms with Crippen LogP contribution in [0.15, 0.2) is 48.5 Å². The zero-order valence-corrected chi connectivity index (χ0v) is 13.6. The van der Waals surface area contributed by atoms with Gasteiger partial charge in [-0.25, -0.2) is 8.78 Å². The topological polar surface area (TPSA) is 24.8 Å². The molecule has 2 aromatic carbocycles. The number of rotatable bonds is 3. The molecule has 0 saturated carbocycles. The molecule has 1 N–H and O–H groups in total. The molecule has 3 rings (SSSR count). The lowest BCUT2D eigenvalue weighted by atomic mass is 9.96. The van der Waals surface area contributed by atoms with Crippen LogP contribution >= 0.6 is 0 Å². The summed E-state index contributed by atoms with van der Waals surface area (Å²) in [5.41, 5.74) is 1.99. The average molecular weight is 331 g/mol. The van der Waals surface area contributed by atoms with E-state index in [1.165, 1.54) is 29.2 Å². The van der Waals surface area contributed by atoms with Crippen molar-refractivity contribution < 1.29 is 18.5 Å². The Morgan fingerprint density at radius 1 is 0.917 bits per heavy atom. The van der Waals surface area contributed by atoms with Crippen molar-refractivity contribution in [1.82, 2.24) is 4.90 Å². The first-order valence-corrected chi connectivity index (χ1v) is 8.15. The molecule has 0 bridgehead atoms. The van der Waals surface area contributed by atoms with Crippen LogP contribution in [0.3, 0.4) is 0 Å². The monoisotopic (exact) mass is 331 g/mol. The molecule has 1 saturated heterocycles. The van der Waals surface area contributed by atoms with Crippen molar-refractivity contribution in [3.8, 4) is 0 Å². The maximum absolute atomic E-state index is 13.3. The Morgan fingerprint density at radius 2 is 1.33 bits per heavy atom. The van der Waals surface area contributed by atoms with Crippen LogP contribution < -0.4 is 4.90 Å². The van der Waals surface area contributed by atoms with Gasteiger partial charge < -0.3 is 9.80 Å². The second-order valence-corrected chi connectivity index (χ2v) is 6.20. The Bertz CT molecular complexity index is 647. The molecule has 0 unspecified atom stereocenters. The van der Waals surface area contributed by atoms with Gasteiger partial charge in [0, 0.05) is 18.1 Å². The molecule has 24 heavy (non-hydrogen) atoms. The predicted molar refractivity (Wildman–Crippen MR) is 87.6 cm³/mol. The molecule has 1 aliphatic heterocycles. The lowest BCUT2D eigenvalue weighted by Crippen LogP contribution is -3.15. The molecule has 1 fully saturated rings. The molecule has 1 heterocycles. The van der Waals surface area contributed by atoms with Crippen LogP contribution in [0.1, 0.15) is 24.1 Å². The SMILES string of the molecule is CC(=O)N1CC[NH+](C(c2ccc(F)cc2)c2ccc(F)cc2)CC1. The minimum atomic E-state index is -0.270. The molecule has 1 amide bonds. The van der Waals surface area contributed by atoms with Crippen LogP contribution in [0, 0.1) is 11.6 Å². The number of benzene rings is 2. The van der Waals surface area contributed by atoms with E-state index in [-0.39, 0.29) is 23.6 Å². The minimum absolute atomic E-state index is 0.000285. The first kappa shape index (κ1) is 16.6. The van der Waals surface area contributed by atoms with Gasteiger partial charge in [0.15, 0.2) is 0 Å². The standard InChI is InChI=1S/C19H20F2N2O/c1-14(24)22-10-12-23(13-11-22)19(15-2-6-17(20)7-3-15)16-4-8-18(21)9-5-16/h2-9,19H,10-13H2,1H3/p+1. The van der Waals surface area contributed by atoms with Crippen molar-refractivity contribution in [1.29, 1.82) is 0 Å². The van der Waals surface area contributed by atoms with Gasteiger partial charge >= 0.3 is 0 Å². The van der Waals surface area contributed by atoms with Crippen molar-refractivity contribution in [2.45, 2.75) is 13.0 Å². The number of carbonyl (C=O) groups excluding carboxylic acids is 1. The fraction of sp³-hybridized carbons (Fsp3) is 0.316. The second kappa shape index (κ2) is 7.09. The van der Waals surface area contributed by atoms with Crippen molar-refractivity contribution in [3.05, 3.63) is 71.3 Å². The van der Waals surface area contributed by atoms with Gasteiger partial charge in [0.2, 0.25) is 5.91 Å². The molecule has 126 valence electrons. The third-order valence-corrected chi connectivity index (χ3v) is 4.67. The summed E-state index contributed by atoms with van der Waals surface area (Å²) in [4.78, 5) is 14.7. The first-order chi connectivity index (χ1) is 11.5. The summed E-state index contributed by atoms with van der Waals surface area (Å²) in [7, 11) is 0. The Hall–Kier alpha value is -2.27. The third kappa shape index (κ3) is 3.62. The summed E-state index contributed by atoms with van der Waals surface area (Å²) in [5.74, 6) is -0.449. The smallest absolute Gasteiger partial charge is 0.219 e. The average Bonchev–Trinajstić information content (AvgIpc) is 2.59. The number of amides is 1. The quantitative estimate of drug-likeness (QED) is 0.911. The summed E-state index contributed by atoms with van der Waals surface area (Å²) in [6.45, 7) is 4.59. The number of piperazine rings is 1. The fourth-order valence-corrected chi connectivity index (χ4v) is 3.37. The van der Waals surface area contributed by atoms with E-state index in [9.17, 15) is 13.6 Å². The lowest BCUT2D eigenvalue weighted by molar-refractivity contribution is -0.929. The first-order valence-electron chi connectivity index (χ1n) is 8.15. The molecule has 0 aliphatic carbocycles. The van der Waals surface area contributed by atoms with Crippen LogP contribution in [-0.2, 0) is 4.79 Å². The van der Waals surface area contributed by atoms with E-state index in [0.29, 0.717) is 13.1 Å². The summed E-state index contributed by atoms with van der Waals surface area (Å²) in [5, 5.41) is 0. The Balaban J connectivity index is 1.89. The molecule has 0 spiro atoms. The zero-order chi connectivity index (χ0) is 17.1. The highest BCUT2D eigenvalue weighted by Gasteiger charge is 2.30. The van der Waals surface area contributed by atoms with Crippen molar-refractivity contribution >= 4 is 5.91 Å². The van der Waals surface area contributed by atoms with E-state index in [1.807, 2.05) is 4.90 Å². The number of carbonyl (C=O) groups is 1. The van der Waals surface area contributed by atoms with Crippen LogP contribution in [0.2, 0.25) is 0 Å². The van der Waals surface area contributed by atoms with Gasteiger partial charge in [0.05, 0.1) is 26.2 Å².